The Morgan fingerprint density at radius 1 is 1.16 bits per heavy atom. The van der Waals surface area contributed by atoms with E-state index in [-0.39, 0.29) is 24.1 Å². The van der Waals surface area contributed by atoms with E-state index < -0.39 is 5.54 Å². The fourth-order valence-electron chi connectivity index (χ4n) is 3.05. The Balaban J connectivity index is 0.00000182. The summed E-state index contributed by atoms with van der Waals surface area (Å²) in [6.45, 7) is 1.80. The van der Waals surface area contributed by atoms with Gasteiger partial charge in [-0.05, 0) is 44.0 Å². The minimum Gasteiger partial charge on any atom is -0.330 e. The predicted octanol–water partition coefficient (Wildman–Crippen LogP) is 2.91. The highest BCUT2D eigenvalue weighted by Gasteiger charge is 2.36. The molecule has 132 valence electrons. The third-order valence-electron chi connectivity index (χ3n) is 4.40. The van der Waals surface area contributed by atoms with E-state index >= 15 is 0 Å². The zero-order chi connectivity index (χ0) is 16.7. The van der Waals surface area contributed by atoms with Crippen molar-refractivity contribution in [3.05, 3.63) is 41.7 Å². The van der Waals surface area contributed by atoms with E-state index in [1.807, 2.05) is 0 Å². The Bertz CT molecular complexity index is 869. The summed E-state index contributed by atoms with van der Waals surface area (Å²) in [6.07, 6.45) is 3.83. The molecule has 1 aliphatic carbocycles. The average Bonchev–Trinajstić information content (AvgIpc) is 3.28. The smallest absolute Gasteiger partial charge is 0.297 e. The third kappa shape index (κ3) is 3.14. The minimum atomic E-state index is -0.518. The molecular weight excluding hydrogens is 347 g/mol. The SMILES string of the molecule is Cc1nc(-c2nc(C3(N)CCCC3)no2)nn1-c1ccc(F)cc1.Cl. The van der Waals surface area contributed by atoms with Crippen molar-refractivity contribution in [3.63, 3.8) is 0 Å². The normalized spacial score (nSPS) is 16.0. The number of rotatable bonds is 3. The first kappa shape index (κ1) is 17.5. The van der Waals surface area contributed by atoms with Crippen molar-refractivity contribution in [2.24, 2.45) is 5.73 Å². The van der Waals surface area contributed by atoms with Gasteiger partial charge in [0.05, 0.1) is 11.2 Å². The van der Waals surface area contributed by atoms with Crippen LogP contribution in [0, 0.1) is 12.7 Å². The molecule has 0 spiro atoms. The van der Waals surface area contributed by atoms with Crippen molar-refractivity contribution in [2.45, 2.75) is 38.1 Å². The van der Waals surface area contributed by atoms with Crippen molar-refractivity contribution in [1.29, 1.82) is 0 Å². The van der Waals surface area contributed by atoms with Gasteiger partial charge >= 0.3 is 0 Å². The van der Waals surface area contributed by atoms with Crippen LogP contribution >= 0.6 is 12.4 Å². The molecule has 2 aromatic heterocycles. The van der Waals surface area contributed by atoms with Crippen molar-refractivity contribution in [3.8, 4) is 17.4 Å². The summed E-state index contributed by atoms with van der Waals surface area (Å²) in [7, 11) is 0. The van der Waals surface area contributed by atoms with E-state index in [1.54, 1.807) is 23.7 Å². The van der Waals surface area contributed by atoms with Crippen LogP contribution in [0.25, 0.3) is 17.4 Å². The van der Waals surface area contributed by atoms with Crippen LogP contribution in [0.1, 0.15) is 37.3 Å². The molecule has 3 aromatic rings. The molecule has 25 heavy (non-hydrogen) atoms. The maximum Gasteiger partial charge on any atom is 0.297 e. The van der Waals surface area contributed by atoms with Gasteiger partial charge in [-0.2, -0.15) is 4.98 Å². The van der Waals surface area contributed by atoms with E-state index in [4.69, 9.17) is 10.3 Å². The summed E-state index contributed by atoms with van der Waals surface area (Å²) in [5, 5.41) is 8.41. The van der Waals surface area contributed by atoms with Crippen LogP contribution in [0.2, 0.25) is 0 Å². The largest absolute Gasteiger partial charge is 0.330 e. The van der Waals surface area contributed by atoms with Crippen LogP contribution in [-0.2, 0) is 5.54 Å². The van der Waals surface area contributed by atoms with Gasteiger partial charge in [0.1, 0.15) is 11.6 Å². The topological polar surface area (TPSA) is 95.7 Å². The second kappa shape index (κ2) is 6.53. The molecule has 1 aliphatic rings. The van der Waals surface area contributed by atoms with Gasteiger partial charge < -0.3 is 10.3 Å². The summed E-state index contributed by atoms with van der Waals surface area (Å²) in [6, 6.07) is 6.01. The fraction of sp³-hybridized carbons (Fsp3) is 0.375. The average molecular weight is 365 g/mol. The third-order valence-corrected chi connectivity index (χ3v) is 4.40. The number of nitrogens with two attached hydrogens (primary N) is 1. The molecule has 1 fully saturated rings. The Kier molecular flexibility index (Phi) is 4.57. The van der Waals surface area contributed by atoms with Crippen molar-refractivity contribution in [2.75, 3.05) is 0 Å². The van der Waals surface area contributed by atoms with Crippen LogP contribution in [0.15, 0.2) is 28.8 Å². The van der Waals surface area contributed by atoms with Gasteiger partial charge in [-0.25, -0.2) is 14.1 Å². The molecule has 1 aromatic carbocycles. The highest BCUT2D eigenvalue weighted by molar-refractivity contribution is 5.85. The van der Waals surface area contributed by atoms with Gasteiger partial charge in [-0.1, -0.05) is 18.0 Å². The lowest BCUT2D eigenvalue weighted by atomic mass is 9.99. The first-order chi connectivity index (χ1) is 11.5. The Morgan fingerprint density at radius 2 is 1.84 bits per heavy atom. The van der Waals surface area contributed by atoms with Gasteiger partial charge in [0, 0.05) is 0 Å². The molecule has 1 saturated carbocycles. The van der Waals surface area contributed by atoms with Crippen molar-refractivity contribution >= 4 is 12.4 Å². The number of hydrogen-bond donors (Lipinski definition) is 1. The molecule has 0 bridgehead atoms. The maximum absolute atomic E-state index is 13.1. The first-order valence-electron chi connectivity index (χ1n) is 7.88. The van der Waals surface area contributed by atoms with Crippen LogP contribution in [-0.4, -0.2) is 24.9 Å². The molecule has 0 unspecified atom stereocenters. The molecule has 2 heterocycles. The molecule has 2 N–H and O–H groups in total. The van der Waals surface area contributed by atoms with E-state index in [9.17, 15) is 4.39 Å². The Hall–Kier alpha value is -2.32. The molecule has 0 atom stereocenters. The monoisotopic (exact) mass is 364 g/mol. The number of aromatic nitrogens is 5. The van der Waals surface area contributed by atoms with Crippen molar-refractivity contribution < 1.29 is 8.91 Å². The quantitative estimate of drug-likeness (QED) is 0.767. The molecule has 0 radical (unpaired) electrons. The number of nitrogens with zero attached hydrogens (tertiary/aromatic N) is 5. The molecule has 0 amide bonds. The van der Waals surface area contributed by atoms with Gasteiger partial charge in [0.15, 0.2) is 5.82 Å². The highest BCUT2D eigenvalue weighted by Crippen LogP contribution is 2.35. The van der Waals surface area contributed by atoms with Gasteiger partial charge in [0.2, 0.25) is 5.82 Å². The minimum absolute atomic E-state index is 0. The summed E-state index contributed by atoms with van der Waals surface area (Å²) < 4.78 is 20.0. The van der Waals surface area contributed by atoms with Gasteiger partial charge in [-0.15, -0.1) is 17.5 Å². The van der Waals surface area contributed by atoms with Crippen molar-refractivity contribution in [1.82, 2.24) is 24.9 Å². The first-order valence-corrected chi connectivity index (χ1v) is 7.88. The van der Waals surface area contributed by atoms with Gasteiger partial charge in [-0.3, -0.25) is 0 Å². The van der Waals surface area contributed by atoms with Gasteiger partial charge in [0.25, 0.3) is 5.89 Å². The van der Waals surface area contributed by atoms with Crippen LogP contribution in [0.3, 0.4) is 0 Å². The molecule has 9 heteroatoms. The lowest BCUT2D eigenvalue weighted by molar-refractivity contribution is 0.372. The summed E-state index contributed by atoms with van der Waals surface area (Å²) in [5.74, 6) is 1.41. The Morgan fingerprint density at radius 3 is 2.52 bits per heavy atom. The summed E-state index contributed by atoms with van der Waals surface area (Å²) in [4.78, 5) is 8.76. The fourth-order valence-corrected chi connectivity index (χ4v) is 3.05. The molecule has 0 aliphatic heterocycles. The Labute approximate surface area is 149 Å². The predicted molar refractivity (Wildman–Crippen MR) is 90.9 cm³/mol. The molecule has 7 nitrogen and oxygen atoms in total. The molecular formula is C16H18ClFN6O. The number of halogens is 2. The molecule has 0 saturated heterocycles. The summed E-state index contributed by atoms with van der Waals surface area (Å²) >= 11 is 0. The lowest BCUT2D eigenvalue weighted by Crippen LogP contribution is -2.34. The van der Waals surface area contributed by atoms with E-state index in [0.717, 1.165) is 25.7 Å². The standard InChI is InChI=1S/C16H17FN6O.ClH/c1-10-19-13(21-23(10)12-6-4-11(17)5-7-12)14-20-15(22-24-14)16(18)8-2-3-9-16;/h4-7H,2-3,8-9,18H2,1H3;1H. The van der Waals surface area contributed by atoms with E-state index in [2.05, 4.69) is 20.2 Å². The number of hydrogen-bond acceptors (Lipinski definition) is 6. The van der Waals surface area contributed by atoms with Crippen LogP contribution < -0.4 is 5.73 Å². The zero-order valence-electron chi connectivity index (χ0n) is 13.6. The molecule has 4 rings (SSSR count). The zero-order valence-corrected chi connectivity index (χ0v) is 14.5. The van der Waals surface area contributed by atoms with Crippen LogP contribution in [0.5, 0.6) is 0 Å². The number of benzene rings is 1. The van der Waals surface area contributed by atoms with E-state index in [1.165, 1.54) is 12.1 Å². The second-order valence-electron chi connectivity index (χ2n) is 6.16. The lowest BCUT2D eigenvalue weighted by Gasteiger charge is -2.17. The highest BCUT2D eigenvalue weighted by atomic mass is 35.5. The number of aryl methyl sites for hydroxylation is 1. The van der Waals surface area contributed by atoms with E-state index in [0.29, 0.717) is 23.2 Å². The maximum atomic E-state index is 13.1. The second-order valence-corrected chi connectivity index (χ2v) is 6.16. The summed E-state index contributed by atoms with van der Waals surface area (Å²) in [5.41, 5.74) is 6.53. The van der Waals surface area contributed by atoms with Crippen LogP contribution in [0.4, 0.5) is 4.39 Å².